The minimum absolute atomic E-state index is 0.497. The van der Waals surface area contributed by atoms with Crippen molar-refractivity contribution in [2.24, 2.45) is 0 Å². The lowest BCUT2D eigenvalue weighted by Crippen LogP contribution is -2.24. The van der Waals surface area contributed by atoms with Crippen LogP contribution in [0.5, 0.6) is 0 Å². The van der Waals surface area contributed by atoms with Crippen molar-refractivity contribution in [1.29, 1.82) is 0 Å². The number of hydrogen-bond acceptors (Lipinski definition) is 2. The topological polar surface area (TPSA) is 12.0 Å². The molecule has 1 aromatic carbocycles. The zero-order valence-electron chi connectivity index (χ0n) is 11.6. The van der Waals surface area contributed by atoms with E-state index in [-0.39, 0.29) is 0 Å². The Labute approximate surface area is 119 Å². The Morgan fingerprint density at radius 2 is 2.26 bits per heavy atom. The van der Waals surface area contributed by atoms with Gasteiger partial charge in [0.15, 0.2) is 0 Å². The van der Waals surface area contributed by atoms with E-state index in [0.717, 1.165) is 6.42 Å². The van der Waals surface area contributed by atoms with Crippen LogP contribution in [0, 0.1) is 6.92 Å². The monoisotopic (exact) mass is 271 g/mol. The normalized spacial score (nSPS) is 19.4. The van der Waals surface area contributed by atoms with Gasteiger partial charge in [-0.3, -0.25) is 0 Å². The zero-order valence-corrected chi connectivity index (χ0v) is 12.5. The van der Waals surface area contributed by atoms with E-state index in [1.165, 1.54) is 34.4 Å². The molecule has 0 aliphatic heterocycles. The lowest BCUT2D eigenvalue weighted by molar-refractivity contribution is 0.437. The fourth-order valence-corrected chi connectivity index (χ4v) is 3.90. The van der Waals surface area contributed by atoms with Crippen LogP contribution in [0.15, 0.2) is 35.7 Å². The first-order valence-corrected chi connectivity index (χ1v) is 8.04. The van der Waals surface area contributed by atoms with E-state index < -0.39 is 0 Å². The Hall–Kier alpha value is -1.12. The standard InChI is InChI=1S/C17H21NS/c1-3-15(17-5-4-10-19-17)18-16-9-8-13-7-6-12(2)11-14(13)16/h4-7,10-11,15-16,18H,3,8-9H2,1-2H3. The molecule has 2 unspecified atom stereocenters. The molecule has 0 radical (unpaired) electrons. The van der Waals surface area contributed by atoms with E-state index in [1.54, 1.807) is 0 Å². The fourth-order valence-electron chi connectivity index (χ4n) is 3.03. The molecule has 19 heavy (non-hydrogen) atoms. The number of rotatable bonds is 4. The summed E-state index contributed by atoms with van der Waals surface area (Å²) in [6, 6.07) is 12.3. The van der Waals surface area contributed by atoms with Gasteiger partial charge in [0.05, 0.1) is 0 Å². The predicted molar refractivity (Wildman–Crippen MR) is 82.7 cm³/mol. The maximum Gasteiger partial charge on any atom is 0.0417 e. The van der Waals surface area contributed by atoms with Gasteiger partial charge in [-0.05, 0) is 48.8 Å². The summed E-state index contributed by atoms with van der Waals surface area (Å²) >= 11 is 1.86. The van der Waals surface area contributed by atoms with Crippen LogP contribution in [0.25, 0.3) is 0 Å². The predicted octanol–water partition coefficient (Wildman–Crippen LogP) is 4.78. The highest BCUT2D eigenvalue weighted by Crippen LogP contribution is 2.35. The van der Waals surface area contributed by atoms with Gasteiger partial charge in [-0.15, -0.1) is 11.3 Å². The van der Waals surface area contributed by atoms with Crippen molar-refractivity contribution in [1.82, 2.24) is 5.32 Å². The maximum absolute atomic E-state index is 3.86. The van der Waals surface area contributed by atoms with Crippen LogP contribution in [0.2, 0.25) is 0 Å². The molecule has 2 heteroatoms. The second-order valence-electron chi connectivity index (χ2n) is 5.44. The second kappa shape index (κ2) is 5.48. The molecule has 0 saturated heterocycles. The van der Waals surface area contributed by atoms with Gasteiger partial charge >= 0.3 is 0 Å². The maximum atomic E-state index is 3.86. The minimum Gasteiger partial charge on any atom is -0.302 e. The lowest BCUT2D eigenvalue weighted by Gasteiger charge is -2.22. The Balaban J connectivity index is 1.80. The van der Waals surface area contributed by atoms with Crippen molar-refractivity contribution in [2.75, 3.05) is 0 Å². The third-order valence-corrected chi connectivity index (χ3v) is 5.06. The SMILES string of the molecule is CCC(NC1CCc2ccc(C)cc21)c1cccs1. The average Bonchev–Trinajstić information content (AvgIpc) is 3.05. The molecule has 1 aliphatic rings. The summed E-state index contributed by atoms with van der Waals surface area (Å²) in [4.78, 5) is 1.46. The van der Waals surface area contributed by atoms with E-state index in [9.17, 15) is 0 Å². The van der Waals surface area contributed by atoms with Crippen LogP contribution in [0.1, 0.15) is 53.4 Å². The number of nitrogens with one attached hydrogen (secondary N) is 1. The van der Waals surface area contributed by atoms with Crippen LogP contribution in [-0.4, -0.2) is 0 Å². The molecule has 0 saturated carbocycles. The molecule has 1 aromatic heterocycles. The summed E-state index contributed by atoms with van der Waals surface area (Å²) in [7, 11) is 0. The quantitative estimate of drug-likeness (QED) is 0.843. The van der Waals surface area contributed by atoms with Gasteiger partial charge < -0.3 is 5.32 Å². The summed E-state index contributed by atoms with van der Waals surface area (Å²) in [5.74, 6) is 0. The van der Waals surface area contributed by atoms with Gasteiger partial charge in [-0.2, -0.15) is 0 Å². The summed E-state index contributed by atoms with van der Waals surface area (Å²) in [6.07, 6.45) is 3.60. The van der Waals surface area contributed by atoms with Crippen LogP contribution in [-0.2, 0) is 6.42 Å². The van der Waals surface area contributed by atoms with E-state index in [2.05, 4.69) is 54.9 Å². The smallest absolute Gasteiger partial charge is 0.0417 e. The molecule has 0 fully saturated rings. The van der Waals surface area contributed by atoms with E-state index >= 15 is 0 Å². The number of fused-ring (bicyclic) bond motifs is 1. The highest BCUT2D eigenvalue weighted by molar-refractivity contribution is 7.10. The molecule has 1 heterocycles. The number of aryl methyl sites for hydroxylation is 2. The summed E-state index contributed by atoms with van der Waals surface area (Å²) in [6.45, 7) is 4.45. The summed E-state index contributed by atoms with van der Waals surface area (Å²) < 4.78 is 0. The molecule has 1 nitrogen and oxygen atoms in total. The van der Waals surface area contributed by atoms with Crippen molar-refractivity contribution in [2.45, 2.75) is 45.2 Å². The van der Waals surface area contributed by atoms with Gasteiger partial charge in [0.25, 0.3) is 0 Å². The Morgan fingerprint density at radius 3 is 3.00 bits per heavy atom. The summed E-state index contributed by atoms with van der Waals surface area (Å²) in [5.41, 5.74) is 4.43. The van der Waals surface area contributed by atoms with Crippen LogP contribution >= 0.6 is 11.3 Å². The highest BCUT2D eigenvalue weighted by Gasteiger charge is 2.25. The first kappa shape index (κ1) is 12.9. The van der Waals surface area contributed by atoms with Gasteiger partial charge in [-0.1, -0.05) is 36.8 Å². The molecule has 0 spiro atoms. The number of benzene rings is 1. The van der Waals surface area contributed by atoms with Crippen LogP contribution in [0.4, 0.5) is 0 Å². The number of thiophene rings is 1. The Kier molecular flexibility index (Phi) is 3.72. The molecular formula is C17H21NS. The third kappa shape index (κ3) is 2.60. The minimum atomic E-state index is 0.497. The van der Waals surface area contributed by atoms with Crippen molar-refractivity contribution in [3.05, 3.63) is 57.3 Å². The molecule has 1 aliphatic carbocycles. The molecular weight excluding hydrogens is 250 g/mol. The Bertz CT molecular complexity index is 544. The molecule has 0 bridgehead atoms. The van der Waals surface area contributed by atoms with Gasteiger partial charge in [0.2, 0.25) is 0 Å². The summed E-state index contributed by atoms with van der Waals surface area (Å²) in [5, 5.41) is 6.03. The molecule has 3 rings (SSSR count). The zero-order chi connectivity index (χ0) is 13.2. The lowest BCUT2D eigenvalue weighted by atomic mass is 10.0. The van der Waals surface area contributed by atoms with Gasteiger partial charge in [-0.25, -0.2) is 0 Å². The molecule has 100 valence electrons. The van der Waals surface area contributed by atoms with Gasteiger partial charge in [0, 0.05) is 17.0 Å². The molecule has 2 aromatic rings. The van der Waals surface area contributed by atoms with Crippen LogP contribution in [0.3, 0.4) is 0 Å². The molecule has 1 N–H and O–H groups in total. The van der Waals surface area contributed by atoms with Gasteiger partial charge in [0.1, 0.15) is 0 Å². The van der Waals surface area contributed by atoms with Crippen molar-refractivity contribution >= 4 is 11.3 Å². The molecule has 2 atom stereocenters. The third-order valence-electron chi connectivity index (χ3n) is 4.08. The van der Waals surface area contributed by atoms with Crippen molar-refractivity contribution in [3.63, 3.8) is 0 Å². The molecule has 0 amide bonds. The average molecular weight is 271 g/mol. The fraction of sp³-hybridized carbons (Fsp3) is 0.412. The van der Waals surface area contributed by atoms with E-state index in [4.69, 9.17) is 0 Å². The highest BCUT2D eigenvalue weighted by atomic mass is 32.1. The van der Waals surface area contributed by atoms with Crippen molar-refractivity contribution < 1.29 is 0 Å². The van der Waals surface area contributed by atoms with Crippen LogP contribution < -0.4 is 5.32 Å². The van der Waals surface area contributed by atoms with Crippen molar-refractivity contribution in [3.8, 4) is 0 Å². The Morgan fingerprint density at radius 1 is 1.37 bits per heavy atom. The largest absolute Gasteiger partial charge is 0.302 e. The van der Waals surface area contributed by atoms with E-state index in [1.807, 2.05) is 11.3 Å². The first-order chi connectivity index (χ1) is 9.28. The second-order valence-corrected chi connectivity index (χ2v) is 6.42. The first-order valence-electron chi connectivity index (χ1n) is 7.17. The number of hydrogen-bond donors (Lipinski definition) is 1. The van der Waals surface area contributed by atoms with E-state index in [0.29, 0.717) is 12.1 Å².